The zero-order valence-corrected chi connectivity index (χ0v) is 19.6. The van der Waals surface area contributed by atoms with E-state index in [0.717, 1.165) is 6.07 Å². The van der Waals surface area contributed by atoms with Crippen LogP contribution in [0.15, 0.2) is 42.7 Å². The largest absolute Gasteiger partial charge is 0.433 e. The van der Waals surface area contributed by atoms with Gasteiger partial charge in [-0.2, -0.15) is 18.2 Å². The van der Waals surface area contributed by atoms with Crippen molar-refractivity contribution in [2.24, 2.45) is 11.8 Å². The van der Waals surface area contributed by atoms with Crippen LogP contribution in [0.4, 0.5) is 29.3 Å². The number of fused-ring (bicyclic) bond motifs is 1. The van der Waals surface area contributed by atoms with Crippen LogP contribution in [-0.2, 0) is 6.18 Å². The molecule has 8 nitrogen and oxygen atoms in total. The van der Waals surface area contributed by atoms with Crippen molar-refractivity contribution in [2.45, 2.75) is 6.18 Å². The third-order valence-electron chi connectivity index (χ3n) is 6.51. The Hall–Kier alpha value is -3.83. The summed E-state index contributed by atoms with van der Waals surface area (Å²) in [6.45, 7) is 1.72. The molecule has 0 N–H and O–H groups in total. The fourth-order valence-electron chi connectivity index (χ4n) is 4.77. The van der Waals surface area contributed by atoms with Crippen LogP contribution in [0, 0.1) is 17.7 Å². The minimum absolute atomic E-state index is 0.0181. The first-order valence-corrected chi connectivity index (χ1v) is 11.3. The van der Waals surface area contributed by atoms with Crippen LogP contribution < -0.4 is 9.80 Å². The van der Waals surface area contributed by atoms with Crippen LogP contribution in [0.3, 0.4) is 0 Å². The molecule has 0 spiro atoms. The Labute approximate surface area is 204 Å². The Morgan fingerprint density at radius 2 is 1.67 bits per heavy atom. The molecule has 36 heavy (non-hydrogen) atoms. The number of nitrogens with zero attached hydrogens (tertiary/aromatic N) is 7. The van der Waals surface area contributed by atoms with Crippen molar-refractivity contribution in [2.75, 3.05) is 50.1 Å². The van der Waals surface area contributed by atoms with E-state index in [0.29, 0.717) is 37.6 Å². The van der Waals surface area contributed by atoms with Gasteiger partial charge in [0.1, 0.15) is 11.6 Å². The van der Waals surface area contributed by atoms with Gasteiger partial charge in [-0.3, -0.25) is 4.79 Å². The van der Waals surface area contributed by atoms with E-state index >= 15 is 0 Å². The number of hydrogen-bond donors (Lipinski definition) is 0. The predicted molar refractivity (Wildman–Crippen MR) is 124 cm³/mol. The van der Waals surface area contributed by atoms with Crippen LogP contribution in [0.1, 0.15) is 16.1 Å². The molecule has 2 atom stereocenters. The molecule has 3 aromatic rings. The summed E-state index contributed by atoms with van der Waals surface area (Å²) in [6.07, 6.45) is -1.49. The van der Waals surface area contributed by atoms with Crippen LogP contribution in [0.2, 0.25) is 0 Å². The van der Waals surface area contributed by atoms with E-state index < -0.39 is 17.7 Å². The van der Waals surface area contributed by atoms with Gasteiger partial charge in [0.25, 0.3) is 5.91 Å². The lowest BCUT2D eigenvalue weighted by Gasteiger charge is -2.24. The molecule has 2 aliphatic heterocycles. The summed E-state index contributed by atoms with van der Waals surface area (Å²) in [5.74, 6) is -0.249. The zero-order chi connectivity index (χ0) is 25.6. The van der Waals surface area contributed by atoms with Crippen molar-refractivity contribution in [3.63, 3.8) is 0 Å². The van der Waals surface area contributed by atoms with Crippen molar-refractivity contribution in [1.29, 1.82) is 0 Å². The maximum absolute atomic E-state index is 14.1. The first-order valence-electron chi connectivity index (χ1n) is 11.3. The van der Waals surface area contributed by atoms with Gasteiger partial charge < -0.3 is 14.7 Å². The van der Waals surface area contributed by atoms with Crippen molar-refractivity contribution in [1.82, 2.24) is 24.8 Å². The Morgan fingerprint density at radius 3 is 2.28 bits per heavy atom. The summed E-state index contributed by atoms with van der Waals surface area (Å²) in [4.78, 5) is 34.6. The number of benzene rings is 1. The number of hydrogen-bond acceptors (Lipinski definition) is 7. The summed E-state index contributed by atoms with van der Waals surface area (Å²) in [5, 5.41) is 0. The molecular weight excluding hydrogens is 478 g/mol. The number of carbonyl (C=O) groups excluding carboxylic acids is 1. The molecule has 1 aromatic carbocycles. The molecule has 1 amide bonds. The van der Waals surface area contributed by atoms with Crippen molar-refractivity contribution in [3.8, 4) is 11.4 Å². The summed E-state index contributed by atoms with van der Waals surface area (Å²) in [6, 6.07) is 6.57. The lowest BCUT2D eigenvalue weighted by molar-refractivity contribution is -0.141. The van der Waals surface area contributed by atoms with Crippen molar-refractivity contribution < 1.29 is 22.4 Å². The number of carbonyl (C=O) groups is 1. The van der Waals surface area contributed by atoms with Crippen molar-refractivity contribution in [3.05, 3.63) is 59.8 Å². The standard InChI is InChI=1S/C24H23F4N7O/c1-33(2)23-31-19(24(26,27)28)9-20(32-23)34-10-14-12-35(13-15(14)11-34)22(36)18-8-16(25)4-5-17(18)21-29-6-3-7-30-21/h3-9,14-15H,10-13H2,1-2H3. The van der Waals surface area contributed by atoms with Gasteiger partial charge in [0, 0.05) is 76.1 Å². The highest BCUT2D eigenvalue weighted by Gasteiger charge is 2.43. The molecule has 0 saturated carbocycles. The Kier molecular flexibility index (Phi) is 5.97. The molecule has 0 radical (unpaired) electrons. The number of rotatable bonds is 4. The van der Waals surface area contributed by atoms with E-state index in [-0.39, 0.29) is 35.1 Å². The van der Waals surface area contributed by atoms with E-state index in [2.05, 4.69) is 19.9 Å². The normalized spacial score (nSPS) is 19.5. The van der Waals surface area contributed by atoms with Crippen LogP contribution in [0.5, 0.6) is 0 Å². The van der Waals surface area contributed by atoms with Crippen molar-refractivity contribution >= 4 is 17.7 Å². The van der Waals surface area contributed by atoms with E-state index in [1.807, 2.05) is 4.90 Å². The third-order valence-corrected chi connectivity index (χ3v) is 6.51. The average Bonchev–Trinajstić information content (AvgIpc) is 3.43. The second-order valence-electron chi connectivity index (χ2n) is 9.20. The highest BCUT2D eigenvalue weighted by molar-refractivity contribution is 6.00. The molecule has 2 fully saturated rings. The van der Waals surface area contributed by atoms with Gasteiger partial charge in [0.15, 0.2) is 11.5 Å². The number of amides is 1. The topological polar surface area (TPSA) is 78.4 Å². The number of halogens is 4. The quantitative estimate of drug-likeness (QED) is 0.508. The zero-order valence-electron chi connectivity index (χ0n) is 19.6. The molecule has 188 valence electrons. The van der Waals surface area contributed by atoms with Gasteiger partial charge >= 0.3 is 6.18 Å². The van der Waals surface area contributed by atoms with Gasteiger partial charge in [-0.15, -0.1) is 0 Å². The number of alkyl halides is 3. The van der Waals surface area contributed by atoms with E-state index in [1.54, 1.807) is 37.5 Å². The highest BCUT2D eigenvalue weighted by atomic mass is 19.4. The minimum atomic E-state index is -4.59. The molecule has 2 saturated heterocycles. The van der Waals surface area contributed by atoms with E-state index in [4.69, 9.17) is 0 Å². The molecule has 12 heteroatoms. The maximum Gasteiger partial charge on any atom is 0.433 e. The summed E-state index contributed by atoms with van der Waals surface area (Å²) < 4.78 is 54.3. The SMILES string of the molecule is CN(C)c1nc(N2CC3CN(C(=O)c4cc(F)ccc4-c4ncccn4)CC3C2)cc(C(F)(F)F)n1. The Bertz CT molecular complexity index is 1270. The van der Waals surface area contributed by atoms with E-state index in [9.17, 15) is 22.4 Å². The predicted octanol–water partition coefficient (Wildman–Crippen LogP) is 3.37. The molecular formula is C24H23F4N7O. The molecule has 2 aliphatic rings. The third kappa shape index (κ3) is 4.54. The van der Waals surface area contributed by atoms with Gasteiger partial charge in [0.2, 0.25) is 5.95 Å². The van der Waals surface area contributed by atoms with Gasteiger partial charge in [-0.05, 0) is 24.3 Å². The Morgan fingerprint density at radius 1 is 1.00 bits per heavy atom. The van der Waals surface area contributed by atoms with E-state index in [1.165, 1.54) is 23.1 Å². The fourth-order valence-corrected chi connectivity index (χ4v) is 4.77. The number of likely N-dealkylation sites (tertiary alicyclic amines) is 1. The number of anilines is 2. The second-order valence-corrected chi connectivity index (χ2v) is 9.20. The lowest BCUT2D eigenvalue weighted by atomic mass is 10.0. The van der Waals surface area contributed by atoms with Gasteiger partial charge in [-0.1, -0.05) is 0 Å². The smallest absolute Gasteiger partial charge is 0.356 e. The Balaban J connectivity index is 1.35. The fraction of sp³-hybridized carbons (Fsp3) is 0.375. The average molecular weight is 501 g/mol. The second kappa shape index (κ2) is 8.99. The lowest BCUT2D eigenvalue weighted by Crippen LogP contribution is -2.34. The summed E-state index contributed by atoms with van der Waals surface area (Å²) in [5.41, 5.74) is -0.372. The number of aromatic nitrogens is 4. The molecule has 4 heterocycles. The summed E-state index contributed by atoms with van der Waals surface area (Å²) >= 11 is 0. The molecule has 0 aliphatic carbocycles. The van der Waals surface area contributed by atoms with Crippen LogP contribution in [0.25, 0.3) is 11.4 Å². The summed E-state index contributed by atoms with van der Waals surface area (Å²) in [7, 11) is 3.17. The molecule has 2 aromatic heterocycles. The van der Waals surface area contributed by atoms with Crippen LogP contribution in [-0.4, -0.2) is 71.0 Å². The van der Waals surface area contributed by atoms with Crippen LogP contribution >= 0.6 is 0 Å². The highest BCUT2D eigenvalue weighted by Crippen LogP contribution is 2.37. The molecule has 0 bridgehead atoms. The monoisotopic (exact) mass is 501 g/mol. The minimum Gasteiger partial charge on any atom is -0.356 e. The maximum atomic E-state index is 14.1. The molecule has 5 rings (SSSR count). The molecule has 2 unspecified atom stereocenters. The van der Waals surface area contributed by atoms with Gasteiger partial charge in [0.05, 0.1) is 5.56 Å². The first kappa shape index (κ1) is 23.9. The first-order chi connectivity index (χ1) is 17.1. The van der Waals surface area contributed by atoms with Gasteiger partial charge in [-0.25, -0.2) is 19.3 Å².